The number of carbonyl (C=O) groups excluding carboxylic acids is 1. The Balaban J connectivity index is 2.95. The van der Waals surface area contributed by atoms with E-state index in [-0.39, 0.29) is 22.8 Å². The van der Waals surface area contributed by atoms with Gasteiger partial charge in [0.1, 0.15) is 0 Å². The Bertz CT molecular complexity index is 467. The summed E-state index contributed by atoms with van der Waals surface area (Å²) in [6, 6.07) is 2.91. The van der Waals surface area contributed by atoms with Crippen molar-refractivity contribution in [3.8, 4) is 5.75 Å². The number of carbonyl (C=O) groups is 1. The fourth-order valence-corrected chi connectivity index (χ4v) is 2.28. The van der Waals surface area contributed by atoms with Crippen LogP contribution in [-0.4, -0.2) is 17.3 Å². The summed E-state index contributed by atoms with van der Waals surface area (Å²) in [5, 5.41) is 11.1. The van der Waals surface area contributed by atoms with Crippen LogP contribution in [0.4, 0.5) is 5.69 Å². The molecule has 0 aliphatic rings. The third kappa shape index (κ3) is 4.59. The maximum atomic E-state index is 11.6. The molecule has 0 saturated heterocycles. The minimum Gasteiger partial charge on any atom is -0.486 e. The summed E-state index contributed by atoms with van der Waals surface area (Å²) < 4.78 is 6.00. The number of Topliss-reactive ketones (excluding diaryl/α,β-unsaturated/α-hetero) is 1. The van der Waals surface area contributed by atoms with E-state index >= 15 is 0 Å². The van der Waals surface area contributed by atoms with Crippen molar-refractivity contribution in [2.24, 2.45) is 0 Å². The van der Waals surface area contributed by atoms with E-state index in [4.69, 9.17) is 4.74 Å². The van der Waals surface area contributed by atoms with Gasteiger partial charge in [-0.05, 0) is 19.4 Å². The molecule has 0 amide bonds. The van der Waals surface area contributed by atoms with Crippen LogP contribution in [0.3, 0.4) is 0 Å². The van der Waals surface area contributed by atoms with Crippen LogP contribution in [0.1, 0.15) is 49.9 Å². The standard InChI is InChI=1S/C14H18BrNO4/c1-3-4-5-6-7-20-14-12(10(2)17)8-11(15)9-13(14)16(18)19/h8-9H,3-7H2,1-2H3. The number of unbranched alkanes of at least 4 members (excludes halogenated alkanes) is 3. The Morgan fingerprint density at radius 1 is 1.35 bits per heavy atom. The van der Waals surface area contributed by atoms with E-state index in [0.717, 1.165) is 25.7 Å². The van der Waals surface area contributed by atoms with Gasteiger partial charge in [-0.15, -0.1) is 0 Å². The van der Waals surface area contributed by atoms with E-state index < -0.39 is 4.92 Å². The molecule has 20 heavy (non-hydrogen) atoms. The Kier molecular flexibility index (Phi) is 6.64. The van der Waals surface area contributed by atoms with Gasteiger partial charge in [0.25, 0.3) is 0 Å². The molecule has 0 atom stereocenters. The summed E-state index contributed by atoms with van der Waals surface area (Å²) in [7, 11) is 0. The van der Waals surface area contributed by atoms with E-state index in [1.54, 1.807) is 6.07 Å². The molecule has 0 spiro atoms. The lowest BCUT2D eigenvalue weighted by atomic mass is 10.1. The Hall–Kier alpha value is -1.43. The first kappa shape index (κ1) is 16.6. The van der Waals surface area contributed by atoms with Crippen molar-refractivity contribution >= 4 is 27.4 Å². The van der Waals surface area contributed by atoms with Crippen LogP contribution >= 0.6 is 15.9 Å². The minimum atomic E-state index is -0.529. The van der Waals surface area contributed by atoms with Gasteiger partial charge < -0.3 is 4.74 Å². The number of benzene rings is 1. The molecule has 0 unspecified atom stereocenters. The predicted molar refractivity (Wildman–Crippen MR) is 80.4 cm³/mol. The highest BCUT2D eigenvalue weighted by Gasteiger charge is 2.23. The van der Waals surface area contributed by atoms with Gasteiger partial charge in [-0.3, -0.25) is 14.9 Å². The summed E-state index contributed by atoms with van der Waals surface area (Å²) in [4.78, 5) is 22.2. The summed E-state index contributed by atoms with van der Waals surface area (Å²) in [6.45, 7) is 3.85. The highest BCUT2D eigenvalue weighted by atomic mass is 79.9. The van der Waals surface area contributed by atoms with Crippen LogP contribution in [0.25, 0.3) is 0 Å². The molecule has 1 aromatic carbocycles. The highest BCUT2D eigenvalue weighted by molar-refractivity contribution is 9.10. The van der Waals surface area contributed by atoms with Crippen molar-refractivity contribution in [3.05, 3.63) is 32.3 Å². The molecule has 6 heteroatoms. The van der Waals surface area contributed by atoms with Gasteiger partial charge in [-0.2, -0.15) is 0 Å². The number of hydrogen-bond acceptors (Lipinski definition) is 4. The molecule has 1 rings (SSSR count). The van der Waals surface area contributed by atoms with Crippen LogP contribution in [0, 0.1) is 10.1 Å². The Morgan fingerprint density at radius 2 is 2.05 bits per heavy atom. The second kappa shape index (κ2) is 7.99. The Labute approximate surface area is 126 Å². The van der Waals surface area contributed by atoms with Crippen molar-refractivity contribution in [2.45, 2.75) is 39.5 Å². The maximum Gasteiger partial charge on any atom is 0.312 e. The fraction of sp³-hybridized carbons (Fsp3) is 0.500. The zero-order valence-electron chi connectivity index (χ0n) is 11.6. The predicted octanol–water partition coefficient (Wildman–Crippen LogP) is 4.52. The van der Waals surface area contributed by atoms with Gasteiger partial charge in [-0.25, -0.2) is 0 Å². The van der Waals surface area contributed by atoms with Crippen LogP contribution in [-0.2, 0) is 0 Å². The number of ether oxygens (including phenoxy) is 1. The summed E-state index contributed by atoms with van der Waals surface area (Å²) >= 11 is 3.17. The SMILES string of the molecule is CCCCCCOc1c(C(C)=O)cc(Br)cc1[N+](=O)[O-]. The summed E-state index contributed by atoms with van der Waals surface area (Å²) in [6.07, 6.45) is 4.04. The Morgan fingerprint density at radius 3 is 2.60 bits per heavy atom. The number of hydrogen-bond donors (Lipinski definition) is 0. The largest absolute Gasteiger partial charge is 0.486 e. The molecule has 0 radical (unpaired) electrons. The average molecular weight is 344 g/mol. The van der Waals surface area contributed by atoms with Gasteiger partial charge in [0.15, 0.2) is 5.78 Å². The topological polar surface area (TPSA) is 69.4 Å². The van der Waals surface area contributed by atoms with Gasteiger partial charge in [-0.1, -0.05) is 42.1 Å². The molecule has 0 fully saturated rings. The monoisotopic (exact) mass is 343 g/mol. The minimum absolute atomic E-state index is 0.0715. The quantitative estimate of drug-likeness (QED) is 0.301. The van der Waals surface area contributed by atoms with Crippen LogP contribution in [0.15, 0.2) is 16.6 Å². The van der Waals surface area contributed by atoms with Gasteiger partial charge in [0.05, 0.1) is 17.1 Å². The fourth-order valence-electron chi connectivity index (χ4n) is 1.83. The highest BCUT2D eigenvalue weighted by Crippen LogP contribution is 2.35. The molecule has 0 aromatic heterocycles. The maximum absolute atomic E-state index is 11.6. The van der Waals surface area contributed by atoms with Crippen molar-refractivity contribution in [1.82, 2.24) is 0 Å². The lowest BCUT2D eigenvalue weighted by Gasteiger charge is -2.10. The molecule has 0 saturated carbocycles. The lowest BCUT2D eigenvalue weighted by molar-refractivity contribution is -0.386. The molecule has 0 N–H and O–H groups in total. The molecule has 0 aliphatic carbocycles. The van der Waals surface area contributed by atoms with Crippen LogP contribution < -0.4 is 4.74 Å². The second-order valence-corrected chi connectivity index (χ2v) is 5.44. The first-order valence-corrected chi connectivity index (χ1v) is 7.38. The molecule has 0 heterocycles. The number of nitrogens with zero attached hydrogens (tertiary/aromatic N) is 1. The molecule has 110 valence electrons. The molecule has 1 aromatic rings. The van der Waals surface area contributed by atoms with Crippen LogP contribution in [0.2, 0.25) is 0 Å². The molecule has 5 nitrogen and oxygen atoms in total. The van der Waals surface area contributed by atoms with E-state index in [1.165, 1.54) is 13.0 Å². The van der Waals surface area contributed by atoms with Gasteiger partial charge in [0, 0.05) is 10.5 Å². The van der Waals surface area contributed by atoms with Gasteiger partial charge >= 0.3 is 5.69 Å². The van der Waals surface area contributed by atoms with E-state index in [1.807, 2.05) is 0 Å². The summed E-state index contributed by atoms with van der Waals surface area (Å²) in [5.41, 5.74) is 0.0571. The van der Waals surface area contributed by atoms with Crippen molar-refractivity contribution in [2.75, 3.05) is 6.61 Å². The normalized spacial score (nSPS) is 10.3. The van der Waals surface area contributed by atoms with E-state index in [0.29, 0.717) is 11.1 Å². The zero-order valence-corrected chi connectivity index (χ0v) is 13.2. The van der Waals surface area contributed by atoms with Crippen molar-refractivity contribution in [1.29, 1.82) is 0 Å². The van der Waals surface area contributed by atoms with E-state index in [2.05, 4.69) is 22.9 Å². The van der Waals surface area contributed by atoms with Crippen molar-refractivity contribution in [3.63, 3.8) is 0 Å². The number of halogens is 1. The zero-order chi connectivity index (χ0) is 15.1. The summed E-state index contributed by atoms with van der Waals surface area (Å²) in [5.74, 6) is -0.180. The average Bonchev–Trinajstić information content (AvgIpc) is 2.38. The number of ketones is 1. The second-order valence-electron chi connectivity index (χ2n) is 4.52. The first-order valence-electron chi connectivity index (χ1n) is 6.59. The lowest BCUT2D eigenvalue weighted by Crippen LogP contribution is -2.06. The molecular formula is C14H18BrNO4. The molecule has 0 bridgehead atoms. The first-order chi connectivity index (χ1) is 9.47. The third-order valence-electron chi connectivity index (χ3n) is 2.85. The number of nitro groups is 1. The molecular weight excluding hydrogens is 326 g/mol. The van der Waals surface area contributed by atoms with Crippen molar-refractivity contribution < 1.29 is 14.5 Å². The molecule has 0 aliphatic heterocycles. The van der Waals surface area contributed by atoms with Gasteiger partial charge in [0.2, 0.25) is 5.75 Å². The van der Waals surface area contributed by atoms with E-state index in [9.17, 15) is 14.9 Å². The smallest absolute Gasteiger partial charge is 0.312 e. The number of nitro benzene ring substituents is 1. The third-order valence-corrected chi connectivity index (χ3v) is 3.31. The van der Waals surface area contributed by atoms with Crippen LogP contribution in [0.5, 0.6) is 5.75 Å². The number of rotatable bonds is 8.